The van der Waals surface area contributed by atoms with E-state index >= 15 is 0 Å². The average molecular weight is 372 g/mol. The molecule has 0 radical (unpaired) electrons. The molecule has 136 valence electrons. The summed E-state index contributed by atoms with van der Waals surface area (Å²) in [6.07, 6.45) is 7.29. The third kappa shape index (κ3) is 2.80. The van der Waals surface area contributed by atoms with E-state index in [1.165, 1.54) is 11.8 Å². The quantitative estimate of drug-likeness (QED) is 0.827. The molecule has 26 heavy (non-hydrogen) atoms. The third-order valence-electron chi connectivity index (χ3n) is 5.38. The molecule has 1 N–H and O–H groups in total. The number of aromatic nitrogens is 4. The minimum Gasteiger partial charge on any atom is -0.298 e. The molecule has 0 aromatic carbocycles. The van der Waals surface area contributed by atoms with Gasteiger partial charge in [-0.05, 0) is 38.5 Å². The first-order valence-corrected chi connectivity index (χ1v) is 10.3. The first kappa shape index (κ1) is 16.2. The normalized spacial score (nSPS) is 23.5. The van der Waals surface area contributed by atoms with Crippen LogP contribution in [0.2, 0.25) is 0 Å². The van der Waals surface area contributed by atoms with Crippen LogP contribution in [-0.2, 0) is 4.79 Å². The highest BCUT2D eigenvalue weighted by Gasteiger charge is 2.33. The average Bonchev–Trinajstić information content (AvgIpc) is 3.49. The summed E-state index contributed by atoms with van der Waals surface area (Å²) in [6.45, 7) is 0. The minimum atomic E-state index is -0.449. The lowest BCUT2D eigenvalue weighted by molar-refractivity contribution is -0.119. The highest BCUT2D eigenvalue weighted by molar-refractivity contribution is 8.00. The number of nitrogens with one attached hydrogen (secondary N) is 1. The van der Waals surface area contributed by atoms with Gasteiger partial charge in [0.25, 0.3) is 5.56 Å². The summed E-state index contributed by atoms with van der Waals surface area (Å²) in [6, 6.07) is 0.109. The number of fused-ring (bicyclic) bond motifs is 1. The van der Waals surface area contributed by atoms with E-state index in [1.54, 1.807) is 4.57 Å². The number of hydrogen-bond donors (Lipinski definition) is 1. The van der Waals surface area contributed by atoms with Crippen molar-refractivity contribution in [2.75, 3.05) is 0 Å². The molecular weight excluding hydrogens is 352 g/mol. The lowest BCUT2D eigenvalue weighted by Crippen LogP contribution is -2.31. The molecule has 7 nitrogen and oxygen atoms in total. The summed E-state index contributed by atoms with van der Waals surface area (Å²) in [5.41, 5.74) is -0.394. The van der Waals surface area contributed by atoms with Gasteiger partial charge in [0.2, 0.25) is 0 Å². The molecule has 2 aromatic heterocycles. The molecule has 8 heteroatoms. The molecule has 3 aliphatic rings. The molecule has 0 amide bonds. The van der Waals surface area contributed by atoms with Crippen LogP contribution >= 0.6 is 11.8 Å². The number of rotatable bonds is 4. The number of Topliss-reactive ketones (excluding diaryl/α,β-unsaturated/α-hetero) is 1. The zero-order chi connectivity index (χ0) is 17.8. The van der Waals surface area contributed by atoms with Crippen molar-refractivity contribution in [2.24, 2.45) is 0 Å². The molecular formula is C18H20N4O3S. The predicted molar refractivity (Wildman–Crippen MR) is 97.8 cm³/mol. The van der Waals surface area contributed by atoms with E-state index in [1.807, 2.05) is 0 Å². The van der Waals surface area contributed by atoms with Crippen LogP contribution in [0, 0.1) is 0 Å². The number of thioether (sulfide) groups is 1. The van der Waals surface area contributed by atoms with Gasteiger partial charge in [0.05, 0.1) is 5.25 Å². The molecule has 3 fully saturated rings. The summed E-state index contributed by atoms with van der Waals surface area (Å²) in [5.74, 6) is 1.25. The van der Waals surface area contributed by atoms with Crippen molar-refractivity contribution in [3.63, 3.8) is 0 Å². The Morgan fingerprint density at radius 1 is 1.00 bits per heavy atom. The Morgan fingerprint density at radius 3 is 2.50 bits per heavy atom. The fourth-order valence-corrected chi connectivity index (χ4v) is 4.88. The number of hydrogen-bond acceptors (Lipinski definition) is 6. The Labute approximate surface area is 153 Å². The number of carbonyl (C=O) groups excluding carboxylic acids is 1. The molecule has 0 spiro atoms. The van der Waals surface area contributed by atoms with E-state index in [0.29, 0.717) is 34.2 Å². The fraction of sp³-hybridized carbons (Fsp3) is 0.611. The largest absolute Gasteiger partial charge is 0.330 e. The second-order valence-corrected chi connectivity index (χ2v) is 8.73. The number of nitrogens with zero attached hydrogens (tertiary/aromatic N) is 3. The number of H-pyrrole nitrogens is 1. The maximum Gasteiger partial charge on any atom is 0.330 e. The van der Waals surface area contributed by atoms with E-state index in [0.717, 1.165) is 44.9 Å². The van der Waals surface area contributed by atoms with Crippen molar-refractivity contribution in [3.8, 4) is 0 Å². The van der Waals surface area contributed by atoms with E-state index < -0.39 is 11.2 Å². The first-order chi connectivity index (χ1) is 12.6. The Hall–Kier alpha value is -1.96. The van der Waals surface area contributed by atoms with Crippen LogP contribution in [0.1, 0.15) is 69.2 Å². The number of ketones is 1. The lowest BCUT2D eigenvalue weighted by atomic mass is 9.99. The van der Waals surface area contributed by atoms with Crippen molar-refractivity contribution in [1.82, 2.24) is 19.5 Å². The summed E-state index contributed by atoms with van der Waals surface area (Å²) >= 11 is 1.39. The maximum absolute atomic E-state index is 12.6. The molecule has 3 saturated carbocycles. The van der Waals surface area contributed by atoms with Gasteiger partial charge in [-0.2, -0.15) is 0 Å². The van der Waals surface area contributed by atoms with Crippen molar-refractivity contribution < 1.29 is 4.79 Å². The van der Waals surface area contributed by atoms with Crippen LogP contribution in [0.5, 0.6) is 0 Å². The van der Waals surface area contributed by atoms with Crippen LogP contribution in [0.3, 0.4) is 0 Å². The Balaban J connectivity index is 1.70. The smallest absolute Gasteiger partial charge is 0.298 e. The maximum atomic E-state index is 12.6. The third-order valence-corrected chi connectivity index (χ3v) is 6.68. The van der Waals surface area contributed by atoms with Crippen molar-refractivity contribution in [1.29, 1.82) is 0 Å². The number of aromatic amines is 1. The van der Waals surface area contributed by atoms with Crippen LogP contribution in [0.15, 0.2) is 14.6 Å². The monoisotopic (exact) mass is 372 g/mol. The summed E-state index contributed by atoms with van der Waals surface area (Å²) in [5, 5.41) is 0.770. The van der Waals surface area contributed by atoms with Gasteiger partial charge in [-0.25, -0.2) is 14.8 Å². The van der Waals surface area contributed by atoms with Gasteiger partial charge in [0.1, 0.15) is 22.0 Å². The van der Waals surface area contributed by atoms with Gasteiger partial charge in [0.15, 0.2) is 5.65 Å². The fourth-order valence-electron chi connectivity index (χ4n) is 3.63. The molecule has 0 aliphatic heterocycles. The zero-order valence-corrected chi connectivity index (χ0v) is 15.2. The molecule has 0 bridgehead atoms. The zero-order valence-electron chi connectivity index (χ0n) is 14.4. The number of carbonyl (C=O) groups is 1. The summed E-state index contributed by atoms with van der Waals surface area (Å²) in [7, 11) is 0. The summed E-state index contributed by atoms with van der Waals surface area (Å²) < 4.78 is 1.62. The highest BCUT2D eigenvalue weighted by atomic mass is 32.2. The van der Waals surface area contributed by atoms with Gasteiger partial charge in [-0.1, -0.05) is 18.2 Å². The SMILES string of the molecule is O=C1CCCCC1Sc1nc(C2CC2)nc2c1c(=O)[nH]c(=O)n2C1CC1. The molecule has 2 aromatic rings. The highest BCUT2D eigenvalue weighted by Crippen LogP contribution is 2.42. The van der Waals surface area contributed by atoms with E-state index in [9.17, 15) is 14.4 Å². The predicted octanol–water partition coefficient (Wildman–Crippen LogP) is 2.30. The van der Waals surface area contributed by atoms with Crippen molar-refractivity contribution in [2.45, 2.75) is 73.6 Å². The molecule has 5 rings (SSSR count). The topological polar surface area (TPSA) is 97.7 Å². The molecule has 0 saturated heterocycles. The Kier molecular flexibility index (Phi) is 3.77. The van der Waals surface area contributed by atoms with Crippen LogP contribution in [0.25, 0.3) is 11.0 Å². The Morgan fingerprint density at radius 2 is 1.81 bits per heavy atom. The van der Waals surface area contributed by atoms with Gasteiger partial charge in [0, 0.05) is 18.4 Å². The van der Waals surface area contributed by atoms with Gasteiger partial charge >= 0.3 is 5.69 Å². The molecule has 1 unspecified atom stereocenters. The van der Waals surface area contributed by atoms with E-state index in [-0.39, 0.29) is 17.1 Å². The van der Waals surface area contributed by atoms with Crippen LogP contribution in [-0.4, -0.2) is 30.6 Å². The van der Waals surface area contributed by atoms with Crippen molar-refractivity contribution >= 4 is 28.6 Å². The lowest BCUT2D eigenvalue weighted by Gasteiger charge is -2.20. The Bertz CT molecular complexity index is 1020. The molecule has 3 aliphatic carbocycles. The second kappa shape index (κ2) is 6.04. The molecule has 2 heterocycles. The van der Waals surface area contributed by atoms with Crippen LogP contribution < -0.4 is 11.2 Å². The van der Waals surface area contributed by atoms with E-state index in [2.05, 4.69) is 15.0 Å². The second-order valence-electron chi connectivity index (χ2n) is 7.54. The van der Waals surface area contributed by atoms with Gasteiger partial charge in [-0.15, -0.1) is 0 Å². The standard InChI is InChI=1S/C18H20N4O3S/c23-11-3-1-2-4-12(11)26-17-13-15(19-14(20-17)9-5-6-9)22(10-7-8-10)18(25)21-16(13)24/h9-10,12H,1-8H2,(H,21,24,25). The minimum absolute atomic E-state index is 0.109. The van der Waals surface area contributed by atoms with E-state index in [4.69, 9.17) is 0 Å². The first-order valence-electron chi connectivity index (χ1n) is 9.37. The summed E-state index contributed by atoms with van der Waals surface area (Å²) in [4.78, 5) is 49.0. The van der Waals surface area contributed by atoms with Crippen LogP contribution in [0.4, 0.5) is 0 Å². The molecule has 1 atom stereocenters. The van der Waals surface area contributed by atoms with Gasteiger partial charge in [-0.3, -0.25) is 19.1 Å². The van der Waals surface area contributed by atoms with Crippen molar-refractivity contribution in [3.05, 3.63) is 26.7 Å². The van der Waals surface area contributed by atoms with Gasteiger partial charge < -0.3 is 0 Å².